The Balaban J connectivity index is 1.63. The number of hydrogen-bond acceptors (Lipinski definition) is 6. The van der Waals surface area contributed by atoms with Crippen molar-refractivity contribution >= 4 is 23.4 Å². The first-order valence-electron chi connectivity index (χ1n) is 8.98. The molecular formula is C21H23N3O4S. The number of imidazole rings is 1. The lowest BCUT2D eigenvalue weighted by molar-refractivity contribution is -0.113. The molecule has 0 saturated carbocycles. The molecule has 3 aromatic rings. The quantitative estimate of drug-likeness (QED) is 0.524. The first-order valence-corrected chi connectivity index (χ1v) is 9.96. The maximum Gasteiger partial charge on any atom is 0.234 e. The fraction of sp³-hybridized carbons (Fsp3) is 0.238. The Morgan fingerprint density at radius 3 is 2.28 bits per heavy atom. The van der Waals surface area contributed by atoms with Gasteiger partial charge in [-0.15, -0.1) is 0 Å². The molecule has 0 radical (unpaired) electrons. The number of aliphatic hydroxyl groups is 1. The highest BCUT2D eigenvalue weighted by atomic mass is 32.2. The van der Waals surface area contributed by atoms with Gasteiger partial charge in [0.05, 0.1) is 32.3 Å². The molecular weight excluding hydrogens is 390 g/mol. The Labute approximate surface area is 173 Å². The van der Waals surface area contributed by atoms with Crippen LogP contribution in [-0.4, -0.2) is 40.5 Å². The number of nitrogens with one attached hydrogen (secondary N) is 1. The number of carbonyl (C=O) groups is 1. The van der Waals surface area contributed by atoms with Crippen LogP contribution in [-0.2, 0) is 17.9 Å². The van der Waals surface area contributed by atoms with Gasteiger partial charge in [-0.2, -0.15) is 0 Å². The van der Waals surface area contributed by atoms with Gasteiger partial charge in [-0.05, 0) is 42.0 Å². The van der Waals surface area contributed by atoms with E-state index in [-0.39, 0.29) is 18.3 Å². The van der Waals surface area contributed by atoms with Gasteiger partial charge in [0.1, 0.15) is 11.5 Å². The molecule has 0 bridgehead atoms. The zero-order chi connectivity index (χ0) is 20.6. The third-order valence-corrected chi connectivity index (χ3v) is 5.16. The minimum atomic E-state index is -0.152. The fourth-order valence-corrected chi connectivity index (χ4v) is 3.48. The van der Waals surface area contributed by atoms with Gasteiger partial charge in [0.2, 0.25) is 5.91 Å². The van der Waals surface area contributed by atoms with Crippen molar-refractivity contribution in [3.05, 3.63) is 66.0 Å². The zero-order valence-electron chi connectivity index (χ0n) is 16.3. The molecule has 0 saturated heterocycles. The lowest BCUT2D eigenvalue weighted by Gasteiger charge is -2.09. The summed E-state index contributed by atoms with van der Waals surface area (Å²) in [6.45, 7) is 0.431. The second kappa shape index (κ2) is 9.99. The van der Waals surface area contributed by atoms with Crippen LogP contribution in [0.2, 0.25) is 0 Å². The number of thioether (sulfide) groups is 1. The lowest BCUT2D eigenvalue weighted by Crippen LogP contribution is -2.14. The van der Waals surface area contributed by atoms with Gasteiger partial charge in [-0.25, -0.2) is 4.98 Å². The molecule has 2 aromatic carbocycles. The van der Waals surface area contributed by atoms with E-state index in [0.29, 0.717) is 23.1 Å². The molecule has 2 N–H and O–H groups in total. The van der Waals surface area contributed by atoms with Crippen molar-refractivity contribution in [2.45, 2.75) is 18.3 Å². The van der Waals surface area contributed by atoms with Gasteiger partial charge in [0, 0.05) is 18.4 Å². The molecule has 1 aromatic heterocycles. The van der Waals surface area contributed by atoms with Crippen molar-refractivity contribution in [3.8, 4) is 11.5 Å². The highest BCUT2D eigenvalue weighted by molar-refractivity contribution is 7.99. The predicted octanol–water partition coefficient (Wildman–Crippen LogP) is 3.17. The Bertz CT molecular complexity index is 940. The molecule has 8 heteroatoms. The van der Waals surface area contributed by atoms with E-state index in [1.54, 1.807) is 44.7 Å². The van der Waals surface area contributed by atoms with Crippen LogP contribution in [0.1, 0.15) is 11.3 Å². The number of amides is 1. The van der Waals surface area contributed by atoms with Gasteiger partial charge in [-0.3, -0.25) is 4.79 Å². The second-order valence-electron chi connectivity index (χ2n) is 6.21. The van der Waals surface area contributed by atoms with E-state index in [1.165, 1.54) is 11.8 Å². The standard InChI is InChI=1S/C21H23N3O4S/c1-27-18-7-3-15(4-8-18)11-24-12-17(13-25)23-21(24)29-14-20(26)22-16-5-9-19(28-2)10-6-16/h3-10,12,25H,11,13-14H2,1-2H3,(H,22,26). The van der Waals surface area contributed by atoms with E-state index in [9.17, 15) is 9.90 Å². The molecule has 0 aliphatic rings. The van der Waals surface area contributed by atoms with Gasteiger partial charge >= 0.3 is 0 Å². The lowest BCUT2D eigenvalue weighted by atomic mass is 10.2. The van der Waals surface area contributed by atoms with Gasteiger partial charge in [-0.1, -0.05) is 23.9 Å². The largest absolute Gasteiger partial charge is 0.497 e. The number of ether oxygens (including phenoxy) is 2. The molecule has 0 aliphatic heterocycles. The van der Waals surface area contributed by atoms with E-state index in [1.807, 2.05) is 28.8 Å². The summed E-state index contributed by atoms with van der Waals surface area (Å²) in [7, 11) is 3.23. The van der Waals surface area contributed by atoms with Crippen LogP contribution in [0, 0.1) is 0 Å². The molecule has 0 atom stereocenters. The SMILES string of the molecule is COc1ccc(Cn2cc(CO)nc2SCC(=O)Nc2ccc(OC)cc2)cc1. The third-order valence-electron chi connectivity index (χ3n) is 4.17. The summed E-state index contributed by atoms with van der Waals surface area (Å²) in [5.74, 6) is 1.59. The van der Waals surface area contributed by atoms with Gasteiger partial charge in [0.15, 0.2) is 5.16 Å². The minimum Gasteiger partial charge on any atom is -0.497 e. The summed E-state index contributed by atoms with van der Waals surface area (Å²) in [5.41, 5.74) is 2.34. The number of anilines is 1. The van der Waals surface area contributed by atoms with Crippen LogP contribution < -0.4 is 14.8 Å². The number of aliphatic hydroxyl groups excluding tert-OH is 1. The van der Waals surface area contributed by atoms with Crippen molar-refractivity contribution in [2.24, 2.45) is 0 Å². The van der Waals surface area contributed by atoms with E-state index < -0.39 is 0 Å². The first-order chi connectivity index (χ1) is 14.1. The Kier molecular flexibility index (Phi) is 7.15. The first kappa shape index (κ1) is 20.8. The molecule has 0 spiro atoms. The molecule has 0 aliphatic carbocycles. The number of methoxy groups -OCH3 is 2. The Morgan fingerprint density at radius 2 is 1.69 bits per heavy atom. The average Bonchev–Trinajstić information content (AvgIpc) is 3.15. The molecule has 3 rings (SSSR count). The molecule has 7 nitrogen and oxygen atoms in total. The van der Waals surface area contributed by atoms with Crippen LogP contribution >= 0.6 is 11.8 Å². The van der Waals surface area contributed by atoms with Crippen molar-refractivity contribution < 1.29 is 19.4 Å². The normalized spacial score (nSPS) is 10.6. The summed E-state index contributed by atoms with van der Waals surface area (Å²) in [6, 6.07) is 14.9. The second-order valence-corrected chi connectivity index (χ2v) is 7.16. The Morgan fingerprint density at radius 1 is 1.07 bits per heavy atom. The van der Waals surface area contributed by atoms with Gasteiger partial charge < -0.3 is 24.5 Å². The van der Waals surface area contributed by atoms with Crippen LogP contribution in [0.3, 0.4) is 0 Å². The van der Waals surface area contributed by atoms with Crippen molar-refractivity contribution in [3.63, 3.8) is 0 Å². The number of aromatic nitrogens is 2. The number of benzene rings is 2. The van der Waals surface area contributed by atoms with E-state index in [0.717, 1.165) is 17.1 Å². The van der Waals surface area contributed by atoms with Gasteiger partial charge in [0.25, 0.3) is 0 Å². The number of hydrogen-bond donors (Lipinski definition) is 2. The maximum atomic E-state index is 12.3. The third kappa shape index (κ3) is 5.75. The fourth-order valence-electron chi connectivity index (χ4n) is 2.68. The van der Waals surface area contributed by atoms with Crippen molar-refractivity contribution in [1.82, 2.24) is 9.55 Å². The zero-order valence-corrected chi connectivity index (χ0v) is 17.1. The summed E-state index contributed by atoms with van der Waals surface area (Å²) < 4.78 is 12.2. The molecule has 29 heavy (non-hydrogen) atoms. The highest BCUT2D eigenvalue weighted by Gasteiger charge is 2.12. The smallest absolute Gasteiger partial charge is 0.234 e. The topological polar surface area (TPSA) is 85.6 Å². The van der Waals surface area contributed by atoms with Crippen LogP contribution in [0.15, 0.2) is 59.9 Å². The van der Waals surface area contributed by atoms with Crippen LogP contribution in [0.5, 0.6) is 11.5 Å². The minimum absolute atomic E-state index is 0.135. The summed E-state index contributed by atoms with van der Waals surface area (Å²) in [4.78, 5) is 16.7. The molecule has 1 amide bonds. The summed E-state index contributed by atoms with van der Waals surface area (Å²) in [6.07, 6.45) is 1.80. The highest BCUT2D eigenvalue weighted by Crippen LogP contribution is 2.21. The molecule has 0 fully saturated rings. The monoisotopic (exact) mass is 413 g/mol. The van der Waals surface area contributed by atoms with E-state index >= 15 is 0 Å². The number of carbonyl (C=O) groups excluding carboxylic acids is 1. The van der Waals surface area contributed by atoms with Crippen LogP contribution in [0.25, 0.3) is 0 Å². The maximum absolute atomic E-state index is 12.3. The molecule has 0 unspecified atom stereocenters. The summed E-state index contributed by atoms with van der Waals surface area (Å²) in [5, 5.41) is 13.0. The van der Waals surface area contributed by atoms with Crippen molar-refractivity contribution in [2.75, 3.05) is 25.3 Å². The number of rotatable bonds is 9. The predicted molar refractivity (Wildman–Crippen MR) is 113 cm³/mol. The average molecular weight is 413 g/mol. The molecule has 152 valence electrons. The van der Waals surface area contributed by atoms with Crippen LogP contribution in [0.4, 0.5) is 5.69 Å². The number of nitrogens with zero attached hydrogens (tertiary/aromatic N) is 2. The summed E-state index contributed by atoms with van der Waals surface area (Å²) >= 11 is 1.32. The Hall–Kier alpha value is -2.97. The van der Waals surface area contributed by atoms with Crippen molar-refractivity contribution in [1.29, 1.82) is 0 Å². The van der Waals surface area contributed by atoms with E-state index in [4.69, 9.17) is 9.47 Å². The van der Waals surface area contributed by atoms with E-state index in [2.05, 4.69) is 10.3 Å². The molecule has 1 heterocycles.